The van der Waals surface area contributed by atoms with Crippen LogP contribution in [0.4, 0.5) is 4.79 Å². The van der Waals surface area contributed by atoms with Crippen LogP contribution < -0.4 is 10.6 Å². The molecule has 0 spiro atoms. The van der Waals surface area contributed by atoms with E-state index in [-0.39, 0.29) is 12.5 Å². The number of hydrogen-bond acceptors (Lipinski definition) is 2. The molecule has 0 fully saturated rings. The van der Waals surface area contributed by atoms with Gasteiger partial charge in [-0.2, -0.15) is 0 Å². The molecule has 0 rings (SSSR count). The molecule has 0 saturated heterocycles. The second-order valence-corrected chi connectivity index (χ2v) is 3.16. The van der Waals surface area contributed by atoms with Crippen molar-refractivity contribution in [3.8, 4) is 0 Å². The Hall–Kier alpha value is -1.26. The van der Waals surface area contributed by atoms with Crippen molar-refractivity contribution in [3.63, 3.8) is 0 Å². The number of carboxylic acid groups (broad SMARTS) is 1. The van der Waals surface area contributed by atoms with Gasteiger partial charge in [0.15, 0.2) is 0 Å². The molecule has 0 radical (unpaired) electrons. The summed E-state index contributed by atoms with van der Waals surface area (Å²) in [6, 6.07) is -0.374. The summed E-state index contributed by atoms with van der Waals surface area (Å²) in [5.74, 6) is -0.934. The van der Waals surface area contributed by atoms with E-state index in [1.54, 1.807) is 13.8 Å². The van der Waals surface area contributed by atoms with Gasteiger partial charge >= 0.3 is 12.0 Å². The van der Waals surface area contributed by atoms with E-state index in [0.29, 0.717) is 0 Å². The van der Waals surface area contributed by atoms with Gasteiger partial charge < -0.3 is 15.7 Å². The van der Waals surface area contributed by atoms with Crippen molar-refractivity contribution in [2.45, 2.75) is 25.8 Å². The van der Waals surface area contributed by atoms with Crippen LogP contribution in [-0.2, 0) is 4.79 Å². The molecule has 0 aliphatic heterocycles. The SMILES string of the molecule is CNC(=O)NC(C)(C)CC(=O)O. The topological polar surface area (TPSA) is 78.4 Å². The maximum absolute atomic E-state index is 10.8. The lowest BCUT2D eigenvalue weighted by atomic mass is 10.0. The molecule has 0 aromatic carbocycles. The molecule has 0 atom stereocenters. The minimum atomic E-state index is -0.934. The highest BCUT2D eigenvalue weighted by molar-refractivity contribution is 5.76. The number of hydrogen-bond donors (Lipinski definition) is 3. The largest absolute Gasteiger partial charge is 0.481 e. The van der Waals surface area contributed by atoms with Crippen molar-refractivity contribution in [3.05, 3.63) is 0 Å². The molecule has 0 bridgehead atoms. The zero-order valence-corrected chi connectivity index (χ0v) is 7.47. The number of carboxylic acids is 1. The average Bonchev–Trinajstić information content (AvgIpc) is 1.83. The molecule has 0 heterocycles. The Kier molecular flexibility index (Phi) is 3.53. The molecule has 12 heavy (non-hydrogen) atoms. The lowest BCUT2D eigenvalue weighted by Gasteiger charge is -2.23. The first-order valence-corrected chi connectivity index (χ1v) is 3.59. The number of amides is 2. The molecule has 0 aromatic heterocycles. The van der Waals surface area contributed by atoms with E-state index in [1.165, 1.54) is 7.05 Å². The maximum Gasteiger partial charge on any atom is 0.314 e. The molecule has 2 amide bonds. The van der Waals surface area contributed by atoms with E-state index >= 15 is 0 Å². The number of rotatable bonds is 3. The van der Waals surface area contributed by atoms with Gasteiger partial charge in [0.25, 0.3) is 0 Å². The van der Waals surface area contributed by atoms with E-state index in [0.717, 1.165) is 0 Å². The molecule has 0 aliphatic carbocycles. The van der Waals surface area contributed by atoms with E-state index in [9.17, 15) is 9.59 Å². The van der Waals surface area contributed by atoms with E-state index in [4.69, 9.17) is 5.11 Å². The van der Waals surface area contributed by atoms with Crippen LogP contribution in [0.2, 0.25) is 0 Å². The van der Waals surface area contributed by atoms with Crippen molar-refractivity contribution in [2.24, 2.45) is 0 Å². The predicted molar refractivity (Wildman–Crippen MR) is 43.9 cm³/mol. The third-order valence-electron chi connectivity index (χ3n) is 1.27. The molecular formula is C7H14N2O3. The van der Waals surface area contributed by atoms with Crippen LogP contribution in [0.5, 0.6) is 0 Å². The fourth-order valence-corrected chi connectivity index (χ4v) is 0.792. The Morgan fingerprint density at radius 3 is 2.25 bits per heavy atom. The Bertz CT molecular complexity index is 189. The van der Waals surface area contributed by atoms with Crippen molar-refractivity contribution >= 4 is 12.0 Å². The minimum Gasteiger partial charge on any atom is -0.481 e. The van der Waals surface area contributed by atoms with Crippen molar-refractivity contribution in [1.82, 2.24) is 10.6 Å². The molecule has 3 N–H and O–H groups in total. The predicted octanol–water partition coefficient (Wildman–Crippen LogP) is 0.169. The van der Waals surface area contributed by atoms with Gasteiger partial charge in [-0.3, -0.25) is 4.79 Å². The van der Waals surface area contributed by atoms with Crippen molar-refractivity contribution in [2.75, 3.05) is 7.05 Å². The molecule has 70 valence electrons. The van der Waals surface area contributed by atoms with Crippen molar-refractivity contribution in [1.29, 1.82) is 0 Å². The van der Waals surface area contributed by atoms with Crippen LogP contribution in [0, 0.1) is 0 Å². The fourth-order valence-electron chi connectivity index (χ4n) is 0.792. The molecule has 5 nitrogen and oxygen atoms in total. The monoisotopic (exact) mass is 174 g/mol. The first-order valence-electron chi connectivity index (χ1n) is 3.59. The molecule has 0 unspecified atom stereocenters. The highest BCUT2D eigenvalue weighted by Gasteiger charge is 2.22. The molecular weight excluding hydrogens is 160 g/mol. The third kappa shape index (κ3) is 4.54. The van der Waals surface area contributed by atoms with Gasteiger partial charge in [-0.1, -0.05) is 0 Å². The van der Waals surface area contributed by atoms with Crippen molar-refractivity contribution < 1.29 is 14.7 Å². The van der Waals surface area contributed by atoms with Crippen LogP contribution in [0.25, 0.3) is 0 Å². The second kappa shape index (κ2) is 3.94. The lowest BCUT2D eigenvalue weighted by molar-refractivity contribution is -0.138. The fraction of sp³-hybridized carbons (Fsp3) is 0.714. The Morgan fingerprint density at radius 2 is 1.92 bits per heavy atom. The quantitative estimate of drug-likeness (QED) is 0.570. The van der Waals surface area contributed by atoms with Gasteiger partial charge in [0.2, 0.25) is 0 Å². The minimum absolute atomic E-state index is 0.0968. The first kappa shape index (κ1) is 10.7. The summed E-state index contributed by atoms with van der Waals surface area (Å²) in [6.07, 6.45) is -0.0968. The van der Waals surface area contributed by atoms with Crippen LogP contribution in [-0.4, -0.2) is 29.7 Å². The van der Waals surface area contributed by atoms with Gasteiger partial charge in [0, 0.05) is 12.6 Å². The van der Waals surface area contributed by atoms with Crippen LogP contribution in [0.15, 0.2) is 0 Å². The number of aliphatic carboxylic acids is 1. The van der Waals surface area contributed by atoms with Crippen LogP contribution in [0.3, 0.4) is 0 Å². The summed E-state index contributed by atoms with van der Waals surface area (Å²) in [5.41, 5.74) is -0.716. The average molecular weight is 174 g/mol. The zero-order valence-electron chi connectivity index (χ0n) is 7.47. The van der Waals surface area contributed by atoms with Gasteiger partial charge in [-0.15, -0.1) is 0 Å². The smallest absolute Gasteiger partial charge is 0.314 e. The highest BCUT2D eigenvalue weighted by atomic mass is 16.4. The summed E-state index contributed by atoms with van der Waals surface area (Å²) in [7, 11) is 1.48. The number of carbonyl (C=O) groups is 2. The molecule has 0 saturated carbocycles. The standard InChI is InChI=1S/C7H14N2O3/c1-7(2,4-5(10)11)9-6(12)8-3/h4H2,1-3H3,(H,10,11)(H2,8,9,12). The van der Waals surface area contributed by atoms with Gasteiger partial charge in [0.1, 0.15) is 0 Å². The Morgan fingerprint density at radius 1 is 1.42 bits per heavy atom. The van der Waals surface area contributed by atoms with Gasteiger partial charge in [-0.05, 0) is 13.8 Å². The number of urea groups is 1. The van der Waals surface area contributed by atoms with Crippen LogP contribution >= 0.6 is 0 Å². The molecule has 5 heteroatoms. The highest BCUT2D eigenvalue weighted by Crippen LogP contribution is 2.07. The zero-order chi connectivity index (χ0) is 9.78. The molecule has 0 aliphatic rings. The maximum atomic E-state index is 10.8. The lowest BCUT2D eigenvalue weighted by Crippen LogP contribution is -2.48. The Labute approximate surface area is 71.1 Å². The first-order chi connectivity index (χ1) is 5.37. The van der Waals surface area contributed by atoms with Gasteiger partial charge in [-0.25, -0.2) is 4.79 Å². The second-order valence-electron chi connectivity index (χ2n) is 3.16. The summed E-state index contributed by atoms with van der Waals surface area (Å²) in [6.45, 7) is 3.30. The summed E-state index contributed by atoms with van der Waals surface area (Å²) >= 11 is 0. The summed E-state index contributed by atoms with van der Waals surface area (Å²) in [4.78, 5) is 21.1. The summed E-state index contributed by atoms with van der Waals surface area (Å²) < 4.78 is 0. The number of nitrogens with one attached hydrogen (secondary N) is 2. The third-order valence-corrected chi connectivity index (χ3v) is 1.27. The van der Waals surface area contributed by atoms with Crippen LogP contribution in [0.1, 0.15) is 20.3 Å². The van der Waals surface area contributed by atoms with Gasteiger partial charge in [0.05, 0.1) is 6.42 Å². The Balaban J connectivity index is 4.03. The van der Waals surface area contributed by atoms with E-state index < -0.39 is 11.5 Å². The summed E-state index contributed by atoms with van der Waals surface area (Å²) in [5, 5.41) is 13.3. The normalized spacial score (nSPS) is 10.6. The van der Waals surface area contributed by atoms with E-state index in [1.807, 2.05) is 0 Å². The van der Waals surface area contributed by atoms with E-state index in [2.05, 4.69) is 10.6 Å². The number of carbonyl (C=O) groups excluding carboxylic acids is 1. The molecule has 0 aromatic rings.